The van der Waals surface area contributed by atoms with Crippen LogP contribution in [0.1, 0.15) is 6.42 Å². The van der Waals surface area contributed by atoms with Gasteiger partial charge in [-0.15, -0.1) is 0 Å². The molecule has 1 aliphatic heterocycles. The fourth-order valence-electron chi connectivity index (χ4n) is 1.43. The van der Waals surface area contributed by atoms with Crippen LogP contribution in [0.25, 0.3) is 0 Å². The number of hydrogen-bond acceptors (Lipinski definition) is 6. The Kier molecular flexibility index (Phi) is 2.83. The summed E-state index contributed by atoms with van der Waals surface area (Å²) in [6.45, 7) is 0.483. The van der Waals surface area contributed by atoms with Crippen LogP contribution >= 0.6 is 11.8 Å². The number of rotatable bonds is 2. The first-order valence-corrected chi connectivity index (χ1v) is 5.72. The van der Waals surface area contributed by atoms with E-state index in [2.05, 4.69) is 15.0 Å². The summed E-state index contributed by atoms with van der Waals surface area (Å²) >= 11 is 1.41. The molecule has 0 saturated carbocycles. The van der Waals surface area contributed by atoms with E-state index >= 15 is 0 Å². The molecule has 2 rings (SSSR count). The second-order valence-electron chi connectivity index (χ2n) is 3.24. The van der Waals surface area contributed by atoms with Crippen molar-refractivity contribution in [1.29, 1.82) is 0 Å². The van der Waals surface area contributed by atoms with Crippen LogP contribution in [-0.4, -0.2) is 39.7 Å². The van der Waals surface area contributed by atoms with Gasteiger partial charge in [-0.3, -0.25) is 9.69 Å². The molecular formula is C8H11N5OS. The van der Waals surface area contributed by atoms with E-state index in [1.54, 1.807) is 0 Å². The number of carbonyl (C=O) groups is 1. The highest BCUT2D eigenvalue weighted by molar-refractivity contribution is 7.98. The van der Waals surface area contributed by atoms with Crippen molar-refractivity contribution in [2.45, 2.75) is 17.6 Å². The predicted molar refractivity (Wildman–Crippen MR) is 56.6 cm³/mol. The van der Waals surface area contributed by atoms with Gasteiger partial charge in [0.15, 0.2) is 5.16 Å². The lowest BCUT2D eigenvalue weighted by Gasteiger charge is -2.13. The molecule has 0 bridgehead atoms. The Labute approximate surface area is 91.3 Å². The van der Waals surface area contributed by atoms with E-state index in [1.165, 1.54) is 23.0 Å². The van der Waals surface area contributed by atoms with Gasteiger partial charge in [-0.25, -0.2) is 9.97 Å². The minimum atomic E-state index is -0.119. The molecule has 1 aromatic rings. The maximum Gasteiger partial charge on any atom is 0.236 e. The maximum atomic E-state index is 11.5. The first kappa shape index (κ1) is 10.3. The SMILES string of the molecule is CSc1ncnc(N2CC(N)CC2=O)n1. The number of carbonyl (C=O) groups excluding carboxylic acids is 1. The number of anilines is 1. The number of hydrogen-bond donors (Lipinski definition) is 1. The first-order chi connectivity index (χ1) is 7.20. The van der Waals surface area contributed by atoms with E-state index in [-0.39, 0.29) is 11.9 Å². The van der Waals surface area contributed by atoms with Gasteiger partial charge in [0.05, 0.1) is 0 Å². The van der Waals surface area contributed by atoms with Crippen LogP contribution in [0.15, 0.2) is 11.5 Å². The second kappa shape index (κ2) is 4.11. The van der Waals surface area contributed by atoms with Gasteiger partial charge in [0.1, 0.15) is 6.33 Å². The normalized spacial score (nSPS) is 21.1. The van der Waals surface area contributed by atoms with Crippen LogP contribution < -0.4 is 10.6 Å². The molecular weight excluding hydrogens is 214 g/mol. The Balaban J connectivity index is 2.25. The van der Waals surface area contributed by atoms with E-state index in [0.717, 1.165) is 0 Å². The summed E-state index contributed by atoms with van der Waals surface area (Å²) in [5.41, 5.74) is 5.68. The van der Waals surface area contributed by atoms with Crippen molar-refractivity contribution in [3.63, 3.8) is 0 Å². The summed E-state index contributed by atoms with van der Waals surface area (Å²) in [4.78, 5) is 25.1. The van der Waals surface area contributed by atoms with Crippen molar-refractivity contribution >= 4 is 23.6 Å². The Hall–Kier alpha value is -1.21. The standard InChI is InChI=1S/C8H11N5OS/c1-15-8-11-4-10-7(12-8)13-3-5(9)2-6(13)14/h4-5H,2-3,9H2,1H3. The van der Waals surface area contributed by atoms with E-state index in [1.807, 2.05) is 6.26 Å². The number of amides is 1. The number of thioether (sulfide) groups is 1. The van der Waals surface area contributed by atoms with Crippen LogP contribution in [0.4, 0.5) is 5.95 Å². The highest BCUT2D eigenvalue weighted by Gasteiger charge is 2.29. The third-order valence-electron chi connectivity index (χ3n) is 2.12. The summed E-state index contributed by atoms with van der Waals surface area (Å²) in [7, 11) is 0. The fraction of sp³-hybridized carbons (Fsp3) is 0.500. The van der Waals surface area contributed by atoms with Crippen LogP contribution in [0.5, 0.6) is 0 Å². The third-order valence-corrected chi connectivity index (χ3v) is 2.68. The maximum absolute atomic E-state index is 11.5. The van der Waals surface area contributed by atoms with Crippen molar-refractivity contribution in [3.8, 4) is 0 Å². The zero-order valence-corrected chi connectivity index (χ0v) is 9.07. The molecule has 1 saturated heterocycles. The smallest absolute Gasteiger partial charge is 0.236 e. The van der Waals surface area contributed by atoms with Crippen molar-refractivity contribution in [2.75, 3.05) is 17.7 Å². The molecule has 1 fully saturated rings. The van der Waals surface area contributed by atoms with Crippen LogP contribution in [0.2, 0.25) is 0 Å². The fourth-order valence-corrected chi connectivity index (χ4v) is 1.76. The average molecular weight is 225 g/mol. The molecule has 0 aromatic carbocycles. The van der Waals surface area contributed by atoms with Gasteiger partial charge in [0, 0.05) is 19.0 Å². The molecule has 6 nitrogen and oxygen atoms in total. The average Bonchev–Trinajstić information content (AvgIpc) is 2.58. The molecule has 1 amide bonds. The zero-order valence-electron chi connectivity index (χ0n) is 8.25. The summed E-state index contributed by atoms with van der Waals surface area (Å²) in [5.74, 6) is 0.369. The van der Waals surface area contributed by atoms with E-state index < -0.39 is 0 Å². The molecule has 0 radical (unpaired) electrons. The lowest BCUT2D eigenvalue weighted by Crippen LogP contribution is -2.29. The van der Waals surface area contributed by atoms with Crippen LogP contribution in [0, 0.1) is 0 Å². The van der Waals surface area contributed by atoms with Crippen LogP contribution in [0.3, 0.4) is 0 Å². The van der Waals surface area contributed by atoms with Crippen LogP contribution in [-0.2, 0) is 4.79 Å². The van der Waals surface area contributed by atoms with Gasteiger partial charge in [0.2, 0.25) is 11.9 Å². The molecule has 1 atom stereocenters. The lowest BCUT2D eigenvalue weighted by atomic mass is 10.3. The van der Waals surface area contributed by atoms with E-state index in [4.69, 9.17) is 5.73 Å². The van der Waals surface area contributed by atoms with Gasteiger partial charge >= 0.3 is 0 Å². The molecule has 2 heterocycles. The summed E-state index contributed by atoms with van der Waals surface area (Å²) in [6.07, 6.45) is 3.64. The van der Waals surface area contributed by atoms with Crippen molar-refractivity contribution in [3.05, 3.63) is 6.33 Å². The van der Waals surface area contributed by atoms with Gasteiger partial charge in [-0.1, -0.05) is 11.8 Å². The molecule has 0 spiro atoms. The quantitative estimate of drug-likeness (QED) is 0.693. The summed E-state index contributed by atoms with van der Waals surface area (Å²) in [6, 6.07) is -0.119. The lowest BCUT2D eigenvalue weighted by molar-refractivity contribution is -0.117. The minimum Gasteiger partial charge on any atom is -0.326 e. The topological polar surface area (TPSA) is 85.0 Å². The largest absolute Gasteiger partial charge is 0.326 e. The molecule has 80 valence electrons. The van der Waals surface area contributed by atoms with E-state index in [9.17, 15) is 4.79 Å². The Morgan fingerprint density at radius 2 is 2.40 bits per heavy atom. The third kappa shape index (κ3) is 2.07. The Morgan fingerprint density at radius 1 is 1.60 bits per heavy atom. The predicted octanol–water partition coefficient (Wildman–Crippen LogP) is -0.343. The zero-order chi connectivity index (χ0) is 10.8. The van der Waals surface area contributed by atoms with Gasteiger partial charge in [0.25, 0.3) is 0 Å². The number of nitrogens with zero attached hydrogens (tertiary/aromatic N) is 4. The minimum absolute atomic E-state index is 0.0271. The second-order valence-corrected chi connectivity index (χ2v) is 4.01. The number of nitrogens with two attached hydrogens (primary N) is 1. The molecule has 0 aliphatic carbocycles. The molecule has 15 heavy (non-hydrogen) atoms. The highest BCUT2D eigenvalue weighted by Crippen LogP contribution is 2.17. The molecule has 7 heteroatoms. The van der Waals surface area contributed by atoms with Crippen molar-refractivity contribution in [2.24, 2.45) is 5.73 Å². The molecule has 1 aromatic heterocycles. The highest BCUT2D eigenvalue weighted by atomic mass is 32.2. The molecule has 1 unspecified atom stereocenters. The molecule has 2 N–H and O–H groups in total. The van der Waals surface area contributed by atoms with Gasteiger partial charge < -0.3 is 5.73 Å². The Morgan fingerprint density at radius 3 is 3.00 bits per heavy atom. The van der Waals surface area contributed by atoms with Gasteiger partial charge in [-0.05, 0) is 6.26 Å². The van der Waals surface area contributed by atoms with Gasteiger partial charge in [-0.2, -0.15) is 4.98 Å². The first-order valence-electron chi connectivity index (χ1n) is 4.49. The van der Waals surface area contributed by atoms with E-state index in [0.29, 0.717) is 24.1 Å². The van der Waals surface area contributed by atoms with Crippen molar-refractivity contribution in [1.82, 2.24) is 15.0 Å². The molecule has 1 aliphatic rings. The number of aromatic nitrogens is 3. The Bertz CT molecular complexity index is 385. The summed E-state index contributed by atoms with van der Waals surface area (Å²) in [5, 5.41) is 0.605. The van der Waals surface area contributed by atoms with Crippen molar-refractivity contribution < 1.29 is 4.79 Å². The summed E-state index contributed by atoms with van der Waals surface area (Å²) < 4.78 is 0. The monoisotopic (exact) mass is 225 g/mol.